The van der Waals surface area contributed by atoms with Crippen LogP contribution in [0, 0.1) is 5.92 Å². The molecule has 3 nitrogen and oxygen atoms in total. The zero-order chi connectivity index (χ0) is 15.2. The van der Waals surface area contributed by atoms with Gasteiger partial charge in [0.05, 0.1) is 0 Å². The Morgan fingerprint density at radius 3 is 2.57 bits per heavy atom. The molecule has 0 unspecified atom stereocenters. The topological polar surface area (TPSA) is 46.3 Å². The van der Waals surface area contributed by atoms with Gasteiger partial charge in [0, 0.05) is 25.1 Å². The quantitative estimate of drug-likeness (QED) is 0.686. The van der Waals surface area contributed by atoms with Gasteiger partial charge in [-0.05, 0) is 24.5 Å². The van der Waals surface area contributed by atoms with Gasteiger partial charge in [-0.25, -0.2) is 0 Å². The molecule has 0 atom stereocenters. The lowest BCUT2D eigenvalue weighted by molar-refractivity contribution is -0.135. The van der Waals surface area contributed by atoms with Gasteiger partial charge in [0.25, 0.3) is 0 Å². The molecule has 0 bridgehead atoms. The fraction of sp³-hybridized carbons (Fsp3) is 0.529. The van der Waals surface area contributed by atoms with E-state index in [1.165, 1.54) is 25.7 Å². The highest BCUT2D eigenvalue weighted by molar-refractivity contribution is 7.80. The lowest BCUT2D eigenvalue weighted by Crippen LogP contribution is -2.32. The van der Waals surface area contributed by atoms with E-state index in [0.717, 1.165) is 24.0 Å². The second-order valence-electron chi connectivity index (χ2n) is 5.95. The average Bonchev–Trinajstić information content (AvgIpc) is 2.75. The van der Waals surface area contributed by atoms with Crippen molar-refractivity contribution in [3.8, 4) is 0 Å². The number of hydrogen-bond acceptors (Lipinski definition) is 2. The van der Waals surface area contributed by atoms with E-state index in [0.29, 0.717) is 11.5 Å². The third-order valence-electron chi connectivity index (χ3n) is 4.21. The Labute approximate surface area is 132 Å². The number of amides is 1. The van der Waals surface area contributed by atoms with E-state index in [2.05, 4.69) is 0 Å². The molecule has 1 aromatic rings. The highest BCUT2D eigenvalue weighted by Gasteiger charge is 2.23. The Balaban J connectivity index is 1.99. The highest BCUT2D eigenvalue weighted by Crippen LogP contribution is 2.24. The minimum atomic E-state index is 0.205. The van der Waals surface area contributed by atoms with Crippen LogP contribution in [0.1, 0.15) is 49.7 Å². The zero-order valence-corrected chi connectivity index (χ0v) is 13.5. The van der Waals surface area contributed by atoms with Crippen LogP contribution in [0.4, 0.5) is 0 Å². The molecular formula is C17H24N2OS. The van der Waals surface area contributed by atoms with E-state index in [4.69, 9.17) is 18.0 Å². The van der Waals surface area contributed by atoms with Gasteiger partial charge < -0.3 is 10.6 Å². The number of rotatable bonds is 4. The Morgan fingerprint density at radius 1 is 1.29 bits per heavy atom. The van der Waals surface area contributed by atoms with Gasteiger partial charge in [0.1, 0.15) is 4.99 Å². The molecule has 2 rings (SSSR count). The molecule has 4 heteroatoms. The van der Waals surface area contributed by atoms with Crippen LogP contribution in [0.15, 0.2) is 24.3 Å². The summed E-state index contributed by atoms with van der Waals surface area (Å²) in [5, 5.41) is 0. The molecule has 1 saturated carbocycles. The first-order valence-corrected chi connectivity index (χ1v) is 8.12. The first-order chi connectivity index (χ1) is 10.1. The van der Waals surface area contributed by atoms with Crippen LogP contribution in [0.25, 0.3) is 0 Å². The Kier molecular flexibility index (Phi) is 5.74. The van der Waals surface area contributed by atoms with Crippen molar-refractivity contribution in [1.29, 1.82) is 0 Å². The number of nitrogens with two attached hydrogens (primary N) is 1. The van der Waals surface area contributed by atoms with E-state index in [-0.39, 0.29) is 11.8 Å². The summed E-state index contributed by atoms with van der Waals surface area (Å²) in [6.07, 6.45) is 6.97. The van der Waals surface area contributed by atoms with E-state index >= 15 is 0 Å². The monoisotopic (exact) mass is 304 g/mol. The summed E-state index contributed by atoms with van der Waals surface area (Å²) in [6.45, 7) is 0.617. The van der Waals surface area contributed by atoms with Crippen molar-refractivity contribution >= 4 is 23.1 Å². The van der Waals surface area contributed by atoms with Crippen molar-refractivity contribution in [2.75, 3.05) is 7.05 Å². The van der Waals surface area contributed by atoms with Crippen molar-refractivity contribution in [2.24, 2.45) is 11.7 Å². The smallest absolute Gasteiger partial charge is 0.225 e. The number of thiocarbonyl (C=S) groups is 1. The summed E-state index contributed by atoms with van der Waals surface area (Å²) in [7, 11) is 1.89. The molecule has 1 aliphatic rings. The molecule has 114 valence electrons. The Hall–Kier alpha value is -1.42. The van der Waals surface area contributed by atoms with E-state index in [1.54, 1.807) is 0 Å². The SMILES string of the molecule is CN(Cc1cccc(C(N)=S)c1)C(=O)C1CCCCCC1. The maximum atomic E-state index is 12.5. The van der Waals surface area contributed by atoms with Crippen LogP contribution in [-0.2, 0) is 11.3 Å². The van der Waals surface area contributed by atoms with Crippen molar-refractivity contribution in [3.05, 3.63) is 35.4 Å². The van der Waals surface area contributed by atoms with Gasteiger partial charge in [-0.2, -0.15) is 0 Å². The predicted octanol–water partition coefficient (Wildman–Crippen LogP) is 3.25. The number of benzene rings is 1. The second kappa shape index (κ2) is 7.55. The summed E-state index contributed by atoms with van der Waals surface area (Å²) in [6, 6.07) is 7.82. The van der Waals surface area contributed by atoms with Crippen molar-refractivity contribution in [1.82, 2.24) is 4.90 Å². The average molecular weight is 304 g/mol. The van der Waals surface area contributed by atoms with Crippen molar-refractivity contribution in [2.45, 2.75) is 45.1 Å². The molecule has 0 radical (unpaired) electrons. The maximum absolute atomic E-state index is 12.5. The molecule has 1 fully saturated rings. The van der Waals surface area contributed by atoms with Gasteiger partial charge in [0.15, 0.2) is 0 Å². The van der Waals surface area contributed by atoms with E-state index in [1.807, 2.05) is 36.2 Å². The van der Waals surface area contributed by atoms with Crippen LogP contribution in [0.3, 0.4) is 0 Å². The summed E-state index contributed by atoms with van der Waals surface area (Å²) in [5.41, 5.74) is 7.59. The highest BCUT2D eigenvalue weighted by atomic mass is 32.1. The lowest BCUT2D eigenvalue weighted by atomic mass is 9.98. The molecule has 2 N–H and O–H groups in total. The largest absolute Gasteiger partial charge is 0.389 e. The number of hydrogen-bond donors (Lipinski definition) is 1. The van der Waals surface area contributed by atoms with Gasteiger partial charge in [-0.3, -0.25) is 4.79 Å². The normalized spacial score (nSPS) is 16.2. The van der Waals surface area contributed by atoms with Crippen molar-refractivity contribution < 1.29 is 4.79 Å². The molecule has 0 spiro atoms. The van der Waals surface area contributed by atoms with E-state index < -0.39 is 0 Å². The molecule has 0 heterocycles. The van der Waals surface area contributed by atoms with Gasteiger partial charge in [-0.15, -0.1) is 0 Å². The summed E-state index contributed by atoms with van der Waals surface area (Å²) in [4.78, 5) is 14.8. The Bertz CT molecular complexity index is 507. The minimum Gasteiger partial charge on any atom is -0.389 e. The molecule has 21 heavy (non-hydrogen) atoms. The zero-order valence-electron chi connectivity index (χ0n) is 12.7. The minimum absolute atomic E-state index is 0.205. The standard InChI is InChI=1S/C17H24N2OS/c1-19(17(20)14-8-4-2-3-5-9-14)12-13-7-6-10-15(11-13)16(18)21/h6-7,10-11,14H,2-5,8-9,12H2,1H3,(H2,18,21). The number of nitrogens with zero attached hydrogens (tertiary/aromatic N) is 1. The van der Waals surface area contributed by atoms with Crippen LogP contribution in [-0.4, -0.2) is 22.8 Å². The third-order valence-corrected chi connectivity index (χ3v) is 4.45. The first kappa shape index (κ1) is 16.0. The molecule has 0 aromatic heterocycles. The Morgan fingerprint density at radius 2 is 1.95 bits per heavy atom. The predicted molar refractivity (Wildman–Crippen MR) is 90.0 cm³/mol. The molecule has 1 amide bonds. The molecule has 1 aromatic carbocycles. The summed E-state index contributed by atoms with van der Waals surface area (Å²) >= 11 is 5.00. The van der Waals surface area contributed by atoms with Gasteiger partial charge >= 0.3 is 0 Å². The second-order valence-corrected chi connectivity index (χ2v) is 6.39. The molecule has 0 saturated heterocycles. The molecule has 1 aliphatic carbocycles. The van der Waals surface area contributed by atoms with Crippen LogP contribution >= 0.6 is 12.2 Å². The van der Waals surface area contributed by atoms with Crippen LogP contribution in [0.5, 0.6) is 0 Å². The fourth-order valence-corrected chi connectivity index (χ4v) is 3.14. The summed E-state index contributed by atoms with van der Waals surface area (Å²) in [5.74, 6) is 0.480. The van der Waals surface area contributed by atoms with Gasteiger partial charge in [0.2, 0.25) is 5.91 Å². The van der Waals surface area contributed by atoms with Crippen LogP contribution in [0.2, 0.25) is 0 Å². The number of carbonyl (C=O) groups excluding carboxylic acids is 1. The molecule has 0 aliphatic heterocycles. The van der Waals surface area contributed by atoms with E-state index in [9.17, 15) is 4.79 Å². The van der Waals surface area contributed by atoms with Crippen LogP contribution < -0.4 is 5.73 Å². The molecular weight excluding hydrogens is 280 g/mol. The maximum Gasteiger partial charge on any atom is 0.225 e. The number of carbonyl (C=O) groups is 1. The first-order valence-electron chi connectivity index (χ1n) is 7.71. The lowest BCUT2D eigenvalue weighted by Gasteiger charge is -2.23. The summed E-state index contributed by atoms with van der Waals surface area (Å²) < 4.78 is 0. The van der Waals surface area contributed by atoms with Gasteiger partial charge in [-0.1, -0.05) is 56.1 Å². The van der Waals surface area contributed by atoms with Crippen molar-refractivity contribution in [3.63, 3.8) is 0 Å². The fourth-order valence-electron chi connectivity index (χ4n) is 3.01. The third kappa shape index (κ3) is 4.53.